The Kier molecular flexibility index (Phi) is 7.61. The highest BCUT2D eigenvalue weighted by molar-refractivity contribution is 6.71. The number of hydrogen-bond donors (Lipinski definition) is 0. The Morgan fingerprint density at radius 2 is 1.84 bits per heavy atom. The fourth-order valence-corrected chi connectivity index (χ4v) is 7.66. The maximum atomic E-state index is 6.34. The summed E-state index contributed by atoms with van der Waals surface area (Å²) in [6, 6.07) is 2.64. The van der Waals surface area contributed by atoms with E-state index in [-0.39, 0.29) is 4.50 Å². The molecule has 0 aromatic carbocycles. The summed E-state index contributed by atoms with van der Waals surface area (Å²) in [6.07, 6.45) is 6.31. The van der Waals surface area contributed by atoms with Crippen LogP contribution in [0.5, 0.6) is 0 Å². The van der Waals surface area contributed by atoms with Gasteiger partial charge in [-0.3, -0.25) is 0 Å². The maximum Gasteiger partial charge on any atom is 0.197 e. The topological polar surface area (TPSA) is 18.5 Å². The van der Waals surface area contributed by atoms with Crippen LogP contribution in [0.4, 0.5) is 0 Å². The molecule has 0 aliphatic carbocycles. The molecule has 2 fully saturated rings. The average molecular weight is 323 g/mol. The fourth-order valence-electron chi connectivity index (χ4n) is 2.52. The lowest BCUT2D eigenvalue weighted by Gasteiger charge is -2.32. The molecule has 2 aliphatic heterocycles. The Morgan fingerprint density at radius 3 is 2.21 bits per heavy atom. The van der Waals surface area contributed by atoms with Crippen LogP contribution in [0.15, 0.2) is 0 Å². The molecule has 0 aromatic heterocycles. The third-order valence-electron chi connectivity index (χ3n) is 4.21. The van der Waals surface area contributed by atoms with Crippen LogP contribution in [0.1, 0.15) is 46.0 Å². The van der Waals surface area contributed by atoms with E-state index in [9.17, 15) is 0 Å². The van der Waals surface area contributed by atoms with Gasteiger partial charge in [-0.25, -0.2) is 0 Å². The molecule has 0 spiro atoms. The lowest BCUT2D eigenvalue weighted by Crippen LogP contribution is -2.42. The molecule has 2 heterocycles. The van der Waals surface area contributed by atoms with Crippen LogP contribution in [-0.2, 0) is 8.85 Å². The van der Waals surface area contributed by atoms with E-state index >= 15 is 0 Å². The van der Waals surface area contributed by atoms with Gasteiger partial charge in [0, 0.05) is 13.2 Å². The third-order valence-corrected chi connectivity index (χ3v) is 11.1. The van der Waals surface area contributed by atoms with Gasteiger partial charge in [-0.1, -0.05) is 19.8 Å². The summed E-state index contributed by atoms with van der Waals surface area (Å²) in [7, 11) is -2.16. The molecule has 2 nitrogen and oxygen atoms in total. The van der Waals surface area contributed by atoms with Crippen molar-refractivity contribution in [1.29, 1.82) is 0 Å². The minimum absolute atomic E-state index is 0.000417. The van der Waals surface area contributed by atoms with Crippen molar-refractivity contribution in [3.8, 4) is 0 Å². The van der Waals surface area contributed by atoms with E-state index < -0.39 is 17.4 Å². The maximum absolute atomic E-state index is 6.34. The SMILES string of the molecule is CCC(C)(Cl)[SiH]1CCCCO1.C[Si]1(C)CCCCO1. The quantitative estimate of drug-likeness (QED) is 0.551. The van der Waals surface area contributed by atoms with Gasteiger partial charge < -0.3 is 8.85 Å². The molecule has 0 bridgehead atoms. The normalized spacial score (nSPS) is 29.8. The first-order valence-corrected chi connectivity index (χ1v) is 13.2. The molecule has 2 unspecified atom stereocenters. The minimum atomic E-state index is -1.09. The molecule has 114 valence electrons. The predicted octanol–water partition coefficient (Wildman–Crippen LogP) is 4.47. The van der Waals surface area contributed by atoms with Gasteiger partial charge in [-0.05, 0) is 51.4 Å². The predicted molar refractivity (Wildman–Crippen MR) is 89.2 cm³/mol. The molecule has 2 aliphatic rings. The van der Waals surface area contributed by atoms with Crippen LogP contribution in [0.25, 0.3) is 0 Å². The number of alkyl halides is 1. The van der Waals surface area contributed by atoms with Crippen LogP contribution >= 0.6 is 11.6 Å². The van der Waals surface area contributed by atoms with Crippen molar-refractivity contribution in [3.05, 3.63) is 0 Å². The van der Waals surface area contributed by atoms with Gasteiger partial charge in [-0.2, -0.15) is 0 Å². The van der Waals surface area contributed by atoms with Gasteiger partial charge in [0.15, 0.2) is 17.4 Å². The van der Waals surface area contributed by atoms with Crippen LogP contribution in [0.2, 0.25) is 25.2 Å². The van der Waals surface area contributed by atoms with Crippen LogP contribution in [0.3, 0.4) is 0 Å². The van der Waals surface area contributed by atoms with Gasteiger partial charge in [0.1, 0.15) is 0 Å². The summed E-state index contributed by atoms with van der Waals surface area (Å²) in [5, 5.41) is 0. The molecule has 2 atom stereocenters. The Morgan fingerprint density at radius 1 is 1.16 bits per heavy atom. The molecule has 0 amide bonds. The van der Waals surface area contributed by atoms with Crippen molar-refractivity contribution in [2.75, 3.05) is 13.2 Å². The number of halogens is 1. The van der Waals surface area contributed by atoms with Crippen LogP contribution in [0, 0.1) is 0 Å². The van der Waals surface area contributed by atoms with E-state index in [0.717, 1.165) is 19.6 Å². The highest BCUT2D eigenvalue weighted by Gasteiger charge is 2.34. The zero-order valence-corrected chi connectivity index (χ0v) is 16.0. The Bertz CT molecular complexity index is 246. The van der Waals surface area contributed by atoms with Crippen molar-refractivity contribution in [2.45, 2.75) is 75.6 Å². The first-order valence-electron chi connectivity index (χ1n) is 7.82. The molecule has 2 rings (SSSR count). The second-order valence-electron chi connectivity index (χ2n) is 6.55. The monoisotopic (exact) mass is 322 g/mol. The zero-order valence-electron chi connectivity index (χ0n) is 13.1. The molecular weight excluding hydrogens is 292 g/mol. The van der Waals surface area contributed by atoms with Crippen molar-refractivity contribution < 1.29 is 8.85 Å². The van der Waals surface area contributed by atoms with E-state index in [0.29, 0.717) is 0 Å². The van der Waals surface area contributed by atoms with E-state index in [4.69, 9.17) is 20.5 Å². The lowest BCUT2D eigenvalue weighted by molar-refractivity contribution is 0.275. The summed E-state index contributed by atoms with van der Waals surface area (Å²) in [5.41, 5.74) is 0. The van der Waals surface area contributed by atoms with Crippen molar-refractivity contribution in [2.24, 2.45) is 0 Å². The lowest BCUT2D eigenvalue weighted by atomic mass is 10.3. The van der Waals surface area contributed by atoms with Crippen LogP contribution < -0.4 is 0 Å². The van der Waals surface area contributed by atoms with E-state index in [1.165, 1.54) is 37.8 Å². The van der Waals surface area contributed by atoms with E-state index in [2.05, 4.69) is 26.9 Å². The Labute approximate surface area is 127 Å². The smallest absolute Gasteiger partial charge is 0.197 e. The molecular formula is C14H31ClO2Si2. The third kappa shape index (κ3) is 6.76. The van der Waals surface area contributed by atoms with Crippen LogP contribution in [-0.4, -0.2) is 35.1 Å². The summed E-state index contributed by atoms with van der Waals surface area (Å²) in [6.45, 7) is 10.9. The molecule has 2 saturated heterocycles. The molecule has 0 N–H and O–H groups in total. The highest BCUT2D eigenvalue weighted by atomic mass is 35.5. The van der Waals surface area contributed by atoms with Crippen molar-refractivity contribution in [3.63, 3.8) is 0 Å². The van der Waals surface area contributed by atoms with Gasteiger partial charge in [0.05, 0.1) is 4.50 Å². The second kappa shape index (κ2) is 8.18. The summed E-state index contributed by atoms with van der Waals surface area (Å²) < 4.78 is 11.3. The Hall–Kier alpha value is 0.644. The minimum Gasteiger partial charge on any atom is -0.418 e. The number of rotatable bonds is 2. The average Bonchev–Trinajstić information content (AvgIpc) is 2.40. The van der Waals surface area contributed by atoms with Crippen molar-refractivity contribution >= 4 is 29.0 Å². The van der Waals surface area contributed by atoms with E-state index in [1.54, 1.807) is 0 Å². The Balaban J connectivity index is 0.000000200. The summed E-state index contributed by atoms with van der Waals surface area (Å²) >= 11 is 6.34. The van der Waals surface area contributed by atoms with Crippen molar-refractivity contribution in [1.82, 2.24) is 0 Å². The van der Waals surface area contributed by atoms with Gasteiger partial charge in [0.25, 0.3) is 0 Å². The molecule has 0 aromatic rings. The van der Waals surface area contributed by atoms with E-state index in [1.807, 2.05) is 0 Å². The van der Waals surface area contributed by atoms with Gasteiger partial charge >= 0.3 is 0 Å². The summed E-state index contributed by atoms with van der Waals surface area (Å²) in [4.78, 5) is 0. The van der Waals surface area contributed by atoms with Gasteiger partial charge in [-0.15, -0.1) is 11.6 Å². The highest BCUT2D eigenvalue weighted by Crippen LogP contribution is 2.29. The zero-order chi connectivity index (χ0) is 14.4. The molecule has 0 saturated carbocycles. The van der Waals surface area contributed by atoms with Gasteiger partial charge in [0.2, 0.25) is 0 Å². The summed E-state index contributed by atoms with van der Waals surface area (Å²) in [5.74, 6) is 0. The number of hydrogen-bond acceptors (Lipinski definition) is 2. The largest absolute Gasteiger partial charge is 0.418 e. The second-order valence-corrected chi connectivity index (χ2v) is 15.3. The molecule has 5 heteroatoms. The first kappa shape index (κ1) is 17.7. The standard InChI is InChI=1S/C8H17ClOSi.C6H14OSi/c1-3-8(2,9)11-7-5-4-6-10-11;1-8(2)6-4-3-5-7-8/h11H,3-7H2,1-2H3;3-6H2,1-2H3. The molecule has 19 heavy (non-hydrogen) atoms. The fraction of sp³-hybridized carbons (Fsp3) is 1.00. The first-order chi connectivity index (χ1) is 8.87. The molecule has 0 radical (unpaired) electrons.